The van der Waals surface area contributed by atoms with Crippen molar-refractivity contribution in [3.8, 4) is 0 Å². The predicted octanol–water partition coefficient (Wildman–Crippen LogP) is 5.45. The molecule has 9 nitrogen and oxygen atoms in total. The molecule has 0 spiro atoms. The Hall–Kier alpha value is -3.25. The van der Waals surface area contributed by atoms with Crippen molar-refractivity contribution in [2.45, 2.75) is 18.5 Å². The molecule has 1 fully saturated rings. The van der Waals surface area contributed by atoms with Gasteiger partial charge in [0.1, 0.15) is 6.04 Å². The van der Waals surface area contributed by atoms with Gasteiger partial charge < -0.3 is 5.11 Å². The fourth-order valence-electron chi connectivity index (χ4n) is 4.41. The van der Waals surface area contributed by atoms with Crippen LogP contribution < -0.4 is 4.90 Å². The average molecular weight is 571 g/mol. The molecule has 3 N–H and O–H groups in total. The van der Waals surface area contributed by atoms with Crippen LogP contribution in [0, 0.1) is 0 Å². The van der Waals surface area contributed by atoms with E-state index in [1.807, 2.05) is 18.2 Å². The lowest BCUT2D eigenvalue weighted by Gasteiger charge is -2.50. The number of hydrogen-bond donors (Lipinski definition) is 3. The monoisotopic (exact) mass is 570 g/mol. The lowest BCUT2D eigenvalue weighted by molar-refractivity contribution is 0.0708. The van der Waals surface area contributed by atoms with E-state index < -0.39 is 22.7 Å². The SMILES string of the molecule is O=C(c1ccc(Br)cc1)N1N=C(c2ccc(N(C(=O)O)C3CS(O)(O)C3)cc2)CC1c1ccccn1. The van der Waals surface area contributed by atoms with Crippen LogP contribution in [0.2, 0.25) is 0 Å². The number of hydrazone groups is 1. The highest BCUT2D eigenvalue weighted by atomic mass is 79.9. The highest BCUT2D eigenvalue weighted by molar-refractivity contribution is 9.10. The fourth-order valence-corrected chi connectivity index (χ4v) is 6.11. The van der Waals surface area contributed by atoms with E-state index in [-0.39, 0.29) is 23.5 Å². The molecule has 0 saturated carbocycles. The number of benzene rings is 2. The minimum Gasteiger partial charge on any atom is -0.465 e. The first-order valence-electron chi connectivity index (χ1n) is 11.2. The second-order valence-corrected chi connectivity index (χ2v) is 11.9. The smallest absolute Gasteiger partial charge is 0.412 e. The molecule has 186 valence electrons. The van der Waals surface area contributed by atoms with Crippen LogP contribution in [0.3, 0.4) is 0 Å². The summed E-state index contributed by atoms with van der Waals surface area (Å²) in [6.45, 7) is 0. The van der Waals surface area contributed by atoms with Gasteiger partial charge in [0.25, 0.3) is 5.91 Å². The molecule has 1 saturated heterocycles. The third-order valence-corrected chi connectivity index (χ3v) is 8.57. The van der Waals surface area contributed by atoms with Gasteiger partial charge in [0.05, 0.1) is 29.0 Å². The molecule has 0 bridgehead atoms. The van der Waals surface area contributed by atoms with Crippen molar-refractivity contribution in [1.82, 2.24) is 9.99 Å². The van der Waals surface area contributed by atoms with E-state index in [9.17, 15) is 23.8 Å². The number of halogens is 1. The van der Waals surface area contributed by atoms with Crippen molar-refractivity contribution < 1.29 is 23.8 Å². The lowest BCUT2D eigenvalue weighted by Crippen LogP contribution is -2.53. The standard InChI is InChI=1S/C25H23BrN4O5S/c26-18-8-4-17(5-9-18)24(31)30-23(21-3-1-2-12-27-21)13-22(28-30)16-6-10-19(11-7-16)29(25(32)33)20-14-36(34,35)15-20/h1-12,20,23,34-35H,13-15H2,(H,32,33). The van der Waals surface area contributed by atoms with Crippen LogP contribution in [0.5, 0.6) is 0 Å². The second kappa shape index (κ2) is 9.66. The molecular formula is C25H23BrN4O5S. The third-order valence-electron chi connectivity index (χ3n) is 6.21. The molecule has 3 aromatic rings. The van der Waals surface area contributed by atoms with Crippen LogP contribution in [0.25, 0.3) is 0 Å². The van der Waals surface area contributed by atoms with Gasteiger partial charge >= 0.3 is 6.09 Å². The van der Waals surface area contributed by atoms with Crippen molar-refractivity contribution in [2.24, 2.45) is 5.10 Å². The first kappa shape index (κ1) is 24.4. The summed E-state index contributed by atoms with van der Waals surface area (Å²) in [5.74, 6) is -0.176. The quantitative estimate of drug-likeness (QED) is 0.374. The normalized spacial score (nSPS) is 19.8. The molecule has 1 atom stereocenters. The average Bonchev–Trinajstić information content (AvgIpc) is 3.29. The summed E-state index contributed by atoms with van der Waals surface area (Å²) in [5.41, 5.74) is 3.10. The van der Waals surface area contributed by atoms with Gasteiger partial charge in [-0.25, -0.2) is 9.80 Å². The highest BCUT2D eigenvalue weighted by Crippen LogP contribution is 2.51. The van der Waals surface area contributed by atoms with Gasteiger partial charge in [-0.15, -0.1) is 0 Å². The summed E-state index contributed by atoms with van der Waals surface area (Å²) in [6.07, 6.45) is 0.980. The van der Waals surface area contributed by atoms with Crippen LogP contribution in [-0.4, -0.2) is 59.5 Å². The zero-order valence-electron chi connectivity index (χ0n) is 18.9. The Labute approximate surface area is 217 Å². The maximum absolute atomic E-state index is 13.4. The molecule has 1 unspecified atom stereocenters. The summed E-state index contributed by atoms with van der Waals surface area (Å²) < 4.78 is 20.3. The molecule has 5 rings (SSSR count). The van der Waals surface area contributed by atoms with Crippen molar-refractivity contribution in [3.63, 3.8) is 0 Å². The topological polar surface area (TPSA) is 127 Å². The highest BCUT2D eigenvalue weighted by Gasteiger charge is 2.41. The number of nitrogens with zero attached hydrogens (tertiary/aromatic N) is 4. The summed E-state index contributed by atoms with van der Waals surface area (Å²) in [7, 11) is -2.68. The first-order valence-corrected chi connectivity index (χ1v) is 13.8. The van der Waals surface area contributed by atoms with Crippen molar-refractivity contribution in [2.75, 3.05) is 16.4 Å². The lowest BCUT2D eigenvalue weighted by atomic mass is 10.0. The number of anilines is 1. The number of carboxylic acid groups (broad SMARTS) is 1. The molecular weight excluding hydrogens is 548 g/mol. The summed E-state index contributed by atoms with van der Waals surface area (Å²) in [4.78, 5) is 30.8. The summed E-state index contributed by atoms with van der Waals surface area (Å²) in [5, 5.41) is 15.8. The van der Waals surface area contributed by atoms with E-state index >= 15 is 0 Å². The predicted molar refractivity (Wildman–Crippen MR) is 142 cm³/mol. The van der Waals surface area contributed by atoms with Crippen molar-refractivity contribution in [1.29, 1.82) is 0 Å². The van der Waals surface area contributed by atoms with Crippen molar-refractivity contribution >= 4 is 49.9 Å². The van der Waals surface area contributed by atoms with E-state index in [2.05, 4.69) is 26.0 Å². The van der Waals surface area contributed by atoms with E-state index in [1.54, 1.807) is 54.7 Å². The Kier molecular flexibility index (Phi) is 6.56. The van der Waals surface area contributed by atoms with Crippen LogP contribution >= 0.6 is 26.5 Å². The van der Waals surface area contributed by atoms with Gasteiger partial charge in [-0.2, -0.15) is 15.7 Å². The molecule has 2 amide bonds. The van der Waals surface area contributed by atoms with Gasteiger partial charge in [0, 0.05) is 28.3 Å². The third kappa shape index (κ3) is 4.87. The van der Waals surface area contributed by atoms with Gasteiger partial charge in [0.15, 0.2) is 0 Å². The van der Waals surface area contributed by atoms with E-state index in [1.165, 1.54) is 5.01 Å². The van der Waals surface area contributed by atoms with Crippen LogP contribution in [0.1, 0.15) is 34.1 Å². The summed E-state index contributed by atoms with van der Waals surface area (Å²) in [6, 6.07) is 18.6. The molecule has 36 heavy (non-hydrogen) atoms. The first-order chi connectivity index (χ1) is 17.2. The molecule has 11 heteroatoms. The Bertz CT molecular complexity index is 1310. The van der Waals surface area contributed by atoms with Crippen LogP contribution in [0.4, 0.5) is 10.5 Å². The Morgan fingerprint density at radius 1 is 1.00 bits per heavy atom. The van der Waals surface area contributed by atoms with Gasteiger partial charge in [-0.05, 0) is 54.1 Å². The summed E-state index contributed by atoms with van der Waals surface area (Å²) >= 11 is 3.39. The largest absolute Gasteiger partial charge is 0.465 e. The van der Waals surface area contributed by atoms with E-state index in [4.69, 9.17) is 0 Å². The zero-order chi connectivity index (χ0) is 25.4. The Morgan fingerprint density at radius 3 is 2.28 bits per heavy atom. The molecule has 3 heterocycles. The Morgan fingerprint density at radius 2 is 1.69 bits per heavy atom. The molecule has 2 aliphatic rings. The van der Waals surface area contributed by atoms with Gasteiger partial charge in [-0.1, -0.05) is 34.1 Å². The molecule has 0 radical (unpaired) electrons. The number of rotatable bonds is 5. The maximum atomic E-state index is 13.4. The fraction of sp³-hybridized carbons (Fsp3) is 0.200. The zero-order valence-corrected chi connectivity index (χ0v) is 21.3. The Balaban J connectivity index is 1.43. The van der Waals surface area contributed by atoms with Crippen molar-refractivity contribution in [3.05, 3.63) is 94.2 Å². The number of amides is 2. The molecule has 2 aliphatic heterocycles. The number of aromatic nitrogens is 1. The van der Waals surface area contributed by atoms with Gasteiger partial charge in [-0.3, -0.25) is 23.8 Å². The number of pyridine rings is 1. The molecule has 0 aliphatic carbocycles. The van der Waals surface area contributed by atoms with Gasteiger partial charge in [0.2, 0.25) is 0 Å². The maximum Gasteiger partial charge on any atom is 0.412 e. The number of hydrogen-bond acceptors (Lipinski definition) is 6. The number of carbonyl (C=O) groups is 2. The van der Waals surface area contributed by atoms with E-state index in [0.717, 1.165) is 20.6 Å². The molecule has 2 aromatic carbocycles. The minimum atomic E-state index is -2.68. The van der Waals surface area contributed by atoms with Crippen LogP contribution in [0.15, 0.2) is 82.5 Å². The van der Waals surface area contributed by atoms with Crippen LogP contribution in [-0.2, 0) is 0 Å². The number of carbonyl (C=O) groups excluding carboxylic acids is 1. The van der Waals surface area contributed by atoms with E-state index in [0.29, 0.717) is 23.4 Å². The molecule has 1 aromatic heterocycles. The minimum absolute atomic E-state index is 0.0344. The second-order valence-electron chi connectivity index (χ2n) is 8.67.